The molecule has 144 valence electrons. The summed E-state index contributed by atoms with van der Waals surface area (Å²) in [5.74, 6) is 1.36. The van der Waals surface area contributed by atoms with E-state index in [9.17, 15) is 4.79 Å². The summed E-state index contributed by atoms with van der Waals surface area (Å²) in [5, 5.41) is 5.86. The number of anilines is 1. The van der Waals surface area contributed by atoms with E-state index in [-0.39, 0.29) is 6.03 Å². The third-order valence-electron chi connectivity index (χ3n) is 4.83. The van der Waals surface area contributed by atoms with Crippen LogP contribution in [0.4, 0.5) is 10.6 Å². The van der Waals surface area contributed by atoms with E-state index in [0.29, 0.717) is 19.0 Å². The number of ether oxygens (including phenoxy) is 1. The minimum atomic E-state index is -0.139. The first-order valence-corrected chi connectivity index (χ1v) is 9.56. The van der Waals surface area contributed by atoms with Crippen LogP contribution in [0.5, 0.6) is 0 Å². The van der Waals surface area contributed by atoms with E-state index < -0.39 is 0 Å². The summed E-state index contributed by atoms with van der Waals surface area (Å²) in [5.41, 5.74) is 2.34. The Morgan fingerprint density at radius 3 is 2.74 bits per heavy atom. The van der Waals surface area contributed by atoms with E-state index in [1.54, 1.807) is 6.20 Å². The van der Waals surface area contributed by atoms with Gasteiger partial charge in [0.15, 0.2) is 0 Å². The van der Waals surface area contributed by atoms with Crippen molar-refractivity contribution in [3.05, 3.63) is 59.8 Å². The topological polar surface area (TPSA) is 66.5 Å². The minimum absolute atomic E-state index is 0.139. The third kappa shape index (κ3) is 5.96. The number of carbonyl (C=O) groups excluding carboxylic acids is 1. The van der Waals surface area contributed by atoms with Gasteiger partial charge in [-0.1, -0.05) is 37.3 Å². The van der Waals surface area contributed by atoms with Gasteiger partial charge in [0.05, 0.1) is 13.2 Å². The van der Waals surface area contributed by atoms with Gasteiger partial charge in [-0.3, -0.25) is 0 Å². The van der Waals surface area contributed by atoms with E-state index in [0.717, 1.165) is 44.1 Å². The Balaban J connectivity index is 1.40. The second-order valence-electron chi connectivity index (χ2n) is 6.83. The number of hydrogen-bond acceptors (Lipinski definition) is 4. The standard InChI is InChI=1S/C21H28N4O2/c1-17(19-5-3-2-4-6-19)7-9-23-21(26)24-16-18-8-10-22-20(15-18)25-11-13-27-14-12-25/h2-6,8,10,15,17H,7,9,11-14,16H2,1H3,(H2,23,24,26). The Labute approximate surface area is 160 Å². The van der Waals surface area contributed by atoms with Gasteiger partial charge in [-0.25, -0.2) is 9.78 Å². The molecule has 2 heterocycles. The highest BCUT2D eigenvalue weighted by atomic mass is 16.5. The monoisotopic (exact) mass is 368 g/mol. The van der Waals surface area contributed by atoms with Crippen LogP contribution in [0.2, 0.25) is 0 Å². The van der Waals surface area contributed by atoms with Gasteiger partial charge < -0.3 is 20.3 Å². The molecule has 2 aromatic rings. The number of hydrogen-bond donors (Lipinski definition) is 2. The molecule has 3 rings (SSSR count). The number of pyridine rings is 1. The number of benzene rings is 1. The van der Waals surface area contributed by atoms with E-state index in [1.165, 1.54) is 5.56 Å². The fraction of sp³-hybridized carbons (Fsp3) is 0.429. The molecule has 27 heavy (non-hydrogen) atoms. The van der Waals surface area contributed by atoms with Crippen LogP contribution >= 0.6 is 0 Å². The van der Waals surface area contributed by atoms with Crippen molar-refractivity contribution in [3.63, 3.8) is 0 Å². The molecule has 1 aromatic carbocycles. The molecule has 6 nitrogen and oxygen atoms in total. The lowest BCUT2D eigenvalue weighted by molar-refractivity contribution is 0.122. The summed E-state index contributed by atoms with van der Waals surface area (Å²) in [6.07, 6.45) is 2.70. The van der Waals surface area contributed by atoms with Crippen LogP contribution in [0.3, 0.4) is 0 Å². The summed E-state index contributed by atoms with van der Waals surface area (Å²) in [7, 11) is 0. The maximum absolute atomic E-state index is 12.1. The molecular formula is C21H28N4O2. The van der Waals surface area contributed by atoms with Crippen LogP contribution in [0, 0.1) is 0 Å². The Kier molecular flexibility index (Phi) is 7.04. The van der Waals surface area contributed by atoms with Crippen LogP contribution in [0.25, 0.3) is 0 Å². The molecule has 1 saturated heterocycles. The van der Waals surface area contributed by atoms with E-state index >= 15 is 0 Å². The second kappa shape index (κ2) is 9.92. The van der Waals surface area contributed by atoms with Crippen LogP contribution in [0.1, 0.15) is 30.4 Å². The number of morpholine rings is 1. The van der Waals surface area contributed by atoms with Crippen LogP contribution in [-0.2, 0) is 11.3 Å². The van der Waals surface area contributed by atoms with Crippen LogP contribution < -0.4 is 15.5 Å². The van der Waals surface area contributed by atoms with Gasteiger partial charge in [-0.05, 0) is 35.6 Å². The Bertz CT molecular complexity index is 717. The number of carbonyl (C=O) groups is 1. The smallest absolute Gasteiger partial charge is 0.315 e. The van der Waals surface area contributed by atoms with Gasteiger partial charge >= 0.3 is 6.03 Å². The maximum Gasteiger partial charge on any atom is 0.315 e. The van der Waals surface area contributed by atoms with Gasteiger partial charge in [0.2, 0.25) is 0 Å². The zero-order chi connectivity index (χ0) is 18.9. The summed E-state index contributed by atoms with van der Waals surface area (Å²) >= 11 is 0. The highest BCUT2D eigenvalue weighted by molar-refractivity contribution is 5.73. The van der Waals surface area contributed by atoms with Gasteiger partial charge in [0.1, 0.15) is 5.82 Å². The van der Waals surface area contributed by atoms with Crippen molar-refractivity contribution < 1.29 is 9.53 Å². The lowest BCUT2D eigenvalue weighted by Gasteiger charge is -2.28. The first-order chi connectivity index (χ1) is 13.2. The number of aromatic nitrogens is 1. The van der Waals surface area contributed by atoms with Crippen molar-refractivity contribution in [2.24, 2.45) is 0 Å². The highest BCUT2D eigenvalue weighted by Gasteiger charge is 2.12. The summed E-state index contributed by atoms with van der Waals surface area (Å²) in [4.78, 5) is 18.7. The number of nitrogens with zero attached hydrogens (tertiary/aromatic N) is 2. The molecule has 0 bridgehead atoms. The quantitative estimate of drug-likeness (QED) is 0.789. The number of rotatable bonds is 7. The van der Waals surface area contributed by atoms with Gasteiger partial charge in [-0.15, -0.1) is 0 Å². The largest absolute Gasteiger partial charge is 0.378 e. The van der Waals surface area contributed by atoms with Crippen molar-refractivity contribution >= 4 is 11.8 Å². The molecule has 1 aliphatic rings. The van der Waals surface area contributed by atoms with Crippen molar-refractivity contribution in [3.8, 4) is 0 Å². The van der Waals surface area contributed by atoms with Gasteiger partial charge in [0.25, 0.3) is 0 Å². The predicted molar refractivity (Wildman–Crippen MR) is 107 cm³/mol. The molecule has 1 fully saturated rings. The molecule has 1 atom stereocenters. The number of urea groups is 1. The molecule has 6 heteroatoms. The zero-order valence-corrected chi connectivity index (χ0v) is 15.9. The van der Waals surface area contributed by atoms with Crippen molar-refractivity contribution in [1.29, 1.82) is 0 Å². The zero-order valence-electron chi connectivity index (χ0n) is 15.9. The Morgan fingerprint density at radius 1 is 1.19 bits per heavy atom. The first kappa shape index (κ1) is 19.2. The predicted octanol–water partition coefficient (Wildman–Crippen LogP) is 2.91. The molecule has 0 radical (unpaired) electrons. The highest BCUT2D eigenvalue weighted by Crippen LogP contribution is 2.17. The molecule has 1 aliphatic heterocycles. The molecule has 1 aromatic heterocycles. The fourth-order valence-electron chi connectivity index (χ4n) is 3.13. The average molecular weight is 368 g/mol. The van der Waals surface area contributed by atoms with Crippen molar-refractivity contribution in [2.45, 2.75) is 25.8 Å². The summed E-state index contributed by atoms with van der Waals surface area (Å²) in [6.45, 7) is 6.48. The second-order valence-corrected chi connectivity index (χ2v) is 6.83. The lowest BCUT2D eigenvalue weighted by Crippen LogP contribution is -2.37. The molecular weight excluding hydrogens is 340 g/mol. The SMILES string of the molecule is CC(CCNC(=O)NCc1ccnc(N2CCOCC2)c1)c1ccccc1. The number of amides is 2. The summed E-state index contributed by atoms with van der Waals surface area (Å²) in [6, 6.07) is 14.2. The Morgan fingerprint density at radius 2 is 1.96 bits per heavy atom. The minimum Gasteiger partial charge on any atom is -0.378 e. The van der Waals surface area contributed by atoms with Crippen LogP contribution in [0.15, 0.2) is 48.7 Å². The molecule has 0 saturated carbocycles. The maximum atomic E-state index is 12.1. The van der Waals surface area contributed by atoms with Crippen molar-refractivity contribution in [1.82, 2.24) is 15.6 Å². The molecule has 0 aliphatic carbocycles. The molecule has 0 spiro atoms. The molecule has 2 amide bonds. The molecule has 2 N–H and O–H groups in total. The fourth-order valence-corrected chi connectivity index (χ4v) is 3.13. The van der Waals surface area contributed by atoms with E-state index in [1.807, 2.05) is 30.3 Å². The normalized spacial score (nSPS) is 15.2. The number of nitrogens with one attached hydrogen (secondary N) is 2. The van der Waals surface area contributed by atoms with E-state index in [4.69, 9.17) is 4.74 Å². The van der Waals surface area contributed by atoms with Gasteiger partial charge in [0, 0.05) is 32.4 Å². The lowest BCUT2D eigenvalue weighted by atomic mass is 9.98. The third-order valence-corrected chi connectivity index (χ3v) is 4.83. The summed E-state index contributed by atoms with van der Waals surface area (Å²) < 4.78 is 5.38. The van der Waals surface area contributed by atoms with Crippen molar-refractivity contribution in [2.75, 3.05) is 37.7 Å². The van der Waals surface area contributed by atoms with E-state index in [2.05, 4.69) is 39.6 Å². The van der Waals surface area contributed by atoms with Crippen LogP contribution in [-0.4, -0.2) is 43.9 Å². The molecule has 1 unspecified atom stereocenters. The Hall–Kier alpha value is -2.60. The van der Waals surface area contributed by atoms with Gasteiger partial charge in [-0.2, -0.15) is 0 Å². The first-order valence-electron chi connectivity index (χ1n) is 9.56. The average Bonchev–Trinajstić information content (AvgIpc) is 2.73.